The first-order valence-corrected chi connectivity index (χ1v) is 8.98. The molecule has 26 heavy (non-hydrogen) atoms. The molecular formula is C23H20O3. The first kappa shape index (κ1) is 15.6. The molecule has 0 aromatic heterocycles. The summed E-state index contributed by atoms with van der Waals surface area (Å²) in [5, 5.41) is 21.7. The molecule has 3 aromatic rings. The van der Waals surface area contributed by atoms with Crippen LogP contribution in [0.25, 0.3) is 27.5 Å². The van der Waals surface area contributed by atoms with Crippen LogP contribution in [0.3, 0.4) is 0 Å². The van der Waals surface area contributed by atoms with E-state index in [0.717, 1.165) is 39.6 Å². The quantitative estimate of drug-likeness (QED) is 0.576. The number of hydrogen-bond donors (Lipinski definition) is 2. The molecule has 1 unspecified atom stereocenters. The van der Waals surface area contributed by atoms with Gasteiger partial charge in [0.2, 0.25) is 0 Å². The highest BCUT2D eigenvalue weighted by molar-refractivity contribution is 6.09. The average molecular weight is 344 g/mol. The number of fused-ring (bicyclic) bond motifs is 8. The lowest BCUT2D eigenvalue weighted by Crippen LogP contribution is -2.23. The molecule has 3 nitrogen and oxygen atoms in total. The molecule has 0 amide bonds. The normalized spacial score (nSPS) is 17.3. The molecule has 0 saturated carbocycles. The van der Waals surface area contributed by atoms with Crippen LogP contribution >= 0.6 is 0 Å². The number of rotatable bonds is 2. The summed E-state index contributed by atoms with van der Waals surface area (Å²) >= 11 is 0. The van der Waals surface area contributed by atoms with Crippen molar-refractivity contribution in [3.05, 3.63) is 70.8 Å². The Morgan fingerprint density at radius 3 is 2.69 bits per heavy atom. The summed E-state index contributed by atoms with van der Waals surface area (Å²) in [6.45, 7) is 1.98. The molecule has 3 aromatic carbocycles. The summed E-state index contributed by atoms with van der Waals surface area (Å²) in [7, 11) is 0. The van der Waals surface area contributed by atoms with Crippen LogP contribution in [0, 0.1) is 0 Å². The van der Waals surface area contributed by atoms with Crippen molar-refractivity contribution in [1.29, 1.82) is 0 Å². The topological polar surface area (TPSA) is 49.7 Å². The van der Waals surface area contributed by atoms with E-state index in [1.807, 2.05) is 18.2 Å². The molecule has 0 spiro atoms. The highest BCUT2D eigenvalue weighted by Gasteiger charge is 2.31. The Labute approximate surface area is 152 Å². The van der Waals surface area contributed by atoms with Gasteiger partial charge in [0.15, 0.2) is 0 Å². The molecule has 130 valence electrons. The maximum atomic E-state index is 9.95. The van der Waals surface area contributed by atoms with Crippen LogP contribution in [0.2, 0.25) is 0 Å². The third-order valence-electron chi connectivity index (χ3n) is 5.58. The standard InChI is InChI=1S/C23H20O3/c1-13-9-16(12-25)26-23-20(13)19-10-14-5-2-3-7-17(14)22(19)18-8-4-6-15(11-24)21(18)23/h2-9,16,24-25H,10-12H2,1H3. The van der Waals surface area contributed by atoms with E-state index in [2.05, 4.69) is 37.3 Å². The molecule has 1 aliphatic carbocycles. The summed E-state index contributed by atoms with van der Waals surface area (Å²) in [5.74, 6) is 0.801. The van der Waals surface area contributed by atoms with E-state index < -0.39 is 0 Å². The van der Waals surface area contributed by atoms with Gasteiger partial charge < -0.3 is 14.9 Å². The second kappa shape index (κ2) is 5.70. The Bertz CT molecular complexity index is 1080. The molecule has 0 saturated heterocycles. The van der Waals surface area contributed by atoms with E-state index in [9.17, 15) is 10.2 Å². The number of ether oxygens (including phenoxy) is 1. The van der Waals surface area contributed by atoms with Crippen molar-refractivity contribution in [1.82, 2.24) is 0 Å². The van der Waals surface area contributed by atoms with Crippen molar-refractivity contribution >= 4 is 16.3 Å². The maximum Gasteiger partial charge on any atom is 0.140 e. The molecule has 0 bridgehead atoms. The van der Waals surface area contributed by atoms with Gasteiger partial charge in [-0.25, -0.2) is 0 Å². The van der Waals surface area contributed by atoms with E-state index >= 15 is 0 Å². The van der Waals surface area contributed by atoms with Crippen LogP contribution in [0.15, 0.2) is 48.5 Å². The summed E-state index contributed by atoms with van der Waals surface area (Å²) < 4.78 is 6.19. The third kappa shape index (κ3) is 2.02. The average Bonchev–Trinajstić information content (AvgIpc) is 3.06. The SMILES string of the molecule is CC1=CC(CO)Oc2c1c1c(c3cccc(CO)c23)-c2ccccc2C1. The first-order chi connectivity index (χ1) is 12.7. The highest BCUT2D eigenvalue weighted by Crippen LogP contribution is 2.51. The Hall–Kier alpha value is -2.62. The van der Waals surface area contributed by atoms with Gasteiger partial charge in [-0.2, -0.15) is 0 Å². The van der Waals surface area contributed by atoms with Crippen LogP contribution in [-0.4, -0.2) is 22.9 Å². The minimum absolute atomic E-state index is 0.0415. The van der Waals surface area contributed by atoms with Crippen molar-refractivity contribution in [3.63, 3.8) is 0 Å². The first-order valence-electron chi connectivity index (χ1n) is 8.98. The van der Waals surface area contributed by atoms with E-state index in [0.29, 0.717) is 0 Å². The Kier molecular flexibility index (Phi) is 3.42. The molecule has 5 rings (SSSR count). The summed E-state index contributed by atoms with van der Waals surface area (Å²) in [6, 6.07) is 14.6. The fourth-order valence-corrected chi connectivity index (χ4v) is 4.52. The van der Waals surface area contributed by atoms with Gasteiger partial charge in [-0.05, 0) is 58.2 Å². The molecule has 0 radical (unpaired) electrons. The molecule has 1 aliphatic heterocycles. The number of benzene rings is 3. The van der Waals surface area contributed by atoms with Gasteiger partial charge in [0.05, 0.1) is 13.2 Å². The van der Waals surface area contributed by atoms with Gasteiger partial charge in [0.1, 0.15) is 11.9 Å². The Morgan fingerprint density at radius 1 is 1.04 bits per heavy atom. The van der Waals surface area contributed by atoms with Crippen molar-refractivity contribution in [2.45, 2.75) is 26.1 Å². The largest absolute Gasteiger partial charge is 0.483 e. The van der Waals surface area contributed by atoms with Crippen LogP contribution in [0.5, 0.6) is 5.75 Å². The predicted octanol–water partition coefficient (Wildman–Crippen LogP) is 4.06. The second-order valence-electron chi connectivity index (χ2n) is 7.08. The molecule has 2 aliphatic rings. The fraction of sp³-hybridized carbons (Fsp3) is 0.217. The van der Waals surface area contributed by atoms with Crippen LogP contribution < -0.4 is 4.74 Å². The van der Waals surface area contributed by atoms with Crippen molar-refractivity contribution in [2.24, 2.45) is 0 Å². The lowest BCUT2D eigenvalue weighted by molar-refractivity contribution is 0.148. The fourth-order valence-electron chi connectivity index (χ4n) is 4.52. The molecule has 0 fully saturated rings. The smallest absolute Gasteiger partial charge is 0.140 e. The van der Waals surface area contributed by atoms with Gasteiger partial charge in [-0.15, -0.1) is 0 Å². The van der Waals surface area contributed by atoms with Crippen molar-refractivity contribution < 1.29 is 14.9 Å². The van der Waals surface area contributed by atoms with Crippen LogP contribution in [0.4, 0.5) is 0 Å². The monoisotopic (exact) mass is 344 g/mol. The zero-order chi connectivity index (χ0) is 17.8. The van der Waals surface area contributed by atoms with E-state index in [1.165, 1.54) is 22.3 Å². The van der Waals surface area contributed by atoms with Gasteiger partial charge >= 0.3 is 0 Å². The molecular weight excluding hydrogens is 324 g/mol. The summed E-state index contributed by atoms with van der Waals surface area (Å²) in [6.07, 6.45) is 2.53. The van der Waals surface area contributed by atoms with Crippen LogP contribution in [-0.2, 0) is 13.0 Å². The van der Waals surface area contributed by atoms with E-state index in [4.69, 9.17) is 4.74 Å². The highest BCUT2D eigenvalue weighted by atomic mass is 16.5. The zero-order valence-electron chi connectivity index (χ0n) is 14.6. The van der Waals surface area contributed by atoms with E-state index in [1.54, 1.807) is 0 Å². The minimum Gasteiger partial charge on any atom is -0.483 e. The lowest BCUT2D eigenvalue weighted by Gasteiger charge is -2.28. The Morgan fingerprint density at radius 2 is 1.88 bits per heavy atom. The minimum atomic E-state index is -0.348. The molecule has 1 atom stereocenters. The number of hydrogen-bond acceptors (Lipinski definition) is 3. The van der Waals surface area contributed by atoms with Gasteiger partial charge in [0, 0.05) is 10.9 Å². The molecule has 2 N–H and O–H groups in total. The maximum absolute atomic E-state index is 9.95. The zero-order valence-corrected chi connectivity index (χ0v) is 14.6. The third-order valence-corrected chi connectivity index (χ3v) is 5.58. The summed E-state index contributed by atoms with van der Waals surface area (Å²) in [5.41, 5.74) is 8.24. The lowest BCUT2D eigenvalue weighted by atomic mass is 9.86. The predicted molar refractivity (Wildman–Crippen MR) is 103 cm³/mol. The second-order valence-corrected chi connectivity index (χ2v) is 7.08. The number of allylic oxidation sites excluding steroid dienone is 1. The van der Waals surface area contributed by atoms with Gasteiger partial charge in [0.25, 0.3) is 0 Å². The van der Waals surface area contributed by atoms with Crippen molar-refractivity contribution in [3.8, 4) is 16.9 Å². The number of aliphatic hydroxyl groups is 2. The molecule has 3 heteroatoms. The van der Waals surface area contributed by atoms with Gasteiger partial charge in [-0.1, -0.05) is 42.5 Å². The summed E-state index contributed by atoms with van der Waals surface area (Å²) in [4.78, 5) is 0. The number of aliphatic hydroxyl groups excluding tert-OH is 2. The van der Waals surface area contributed by atoms with Crippen molar-refractivity contribution in [2.75, 3.05) is 6.61 Å². The van der Waals surface area contributed by atoms with Crippen LogP contribution in [0.1, 0.15) is 29.2 Å². The van der Waals surface area contributed by atoms with Gasteiger partial charge in [-0.3, -0.25) is 0 Å². The molecule has 1 heterocycles. The Balaban J connectivity index is 1.96. The van der Waals surface area contributed by atoms with E-state index in [-0.39, 0.29) is 19.3 Å².